The lowest BCUT2D eigenvalue weighted by Crippen LogP contribution is -2.47. The number of nitrogens with two attached hydrogens (primary N) is 1. The number of ether oxygens (including phenoxy) is 1. The van der Waals surface area contributed by atoms with E-state index in [0.717, 1.165) is 12.4 Å². The van der Waals surface area contributed by atoms with E-state index in [-0.39, 0.29) is 18.0 Å². The Bertz CT molecular complexity index is 434. The SMILES string of the molecule is CC1CN(c2cnc(C(N)=NO)cn2)C(C)CO1. The van der Waals surface area contributed by atoms with Crippen molar-refractivity contribution in [3.8, 4) is 0 Å². The number of nitrogens with zero attached hydrogens (tertiary/aromatic N) is 4. The Morgan fingerprint density at radius 3 is 2.89 bits per heavy atom. The highest BCUT2D eigenvalue weighted by Gasteiger charge is 2.24. The minimum absolute atomic E-state index is 0.0440. The van der Waals surface area contributed by atoms with Crippen LogP contribution in [0, 0.1) is 0 Å². The average molecular weight is 251 g/mol. The molecule has 0 radical (unpaired) electrons. The van der Waals surface area contributed by atoms with Gasteiger partial charge in [-0.1, -0.05) is 5.16 Å². The van der Waals surface area contributed by atoms with Gasteiger partial charge in [-0.3, -0.25) is 0 Å². The maximum atomic E-state index is 8.55. The molecule has 2 heterocycles. The molecule has 0 spiro atoms. The monoisotopic (exact) mass is 251 g/mol. The van der Waals surface area contributed by atoms with Gasteiger partial charge in [0.2, 0.25) is 0 Å². The second-order valence-corrected chi connectivity index (χ2v) is 4.39. The molecule has 3 N–H and O–H groups in total. The van der Waals surface area contributed by atoms with Crippen LogP contribution in [0.3, 0.4) is 0 Å². The number of aromatic nitrogens is 2. The molecule has 1 saturated heterocycles. The van der Waals surface area contributed by atoms with Crippen molar-refractivity contribution in [3.63, 3.8) is 0 Å². The molecule has 1 aliphatic heterocycles. The number of rotatable bonds is 2. The van der Waals surface area contributed by atoms with Gasteiger partial charge in [0.15, 0.2) is 5.84 Å². The Labute approximate surface area is 105 Å². The van der Waals surface area contributed by atoms with Gasteiger partial charge in [0.1, 0.15) is 11.5 Å². The maximum absolute atomic E-state index is 8.55. The molecule has 7 heteroatoms. The lowest BCUT2D eigenvalue weighted by atomic mass is 10.2. The Morgan fingerprint density at radius 1 is 1.50 bits per heavy atom. The summed E-state index contributed by atoms with van der Waals surface area (Å²) in [5, 5.41) is 11.4. The van der Waals surface area contributed by atoms with Gasteiger partial charge in [-0.25, -0.2) is 9.97 Å². The van der Waals surface area contributed by atoms with Crippen molar-refractivity contribution in [3.05, 3.63) is 18.1 Å². The van der Waals surface area contributed by atoms with Crippen LogP contribution in [-0.2, 0) is 4.74 Å². The lowest BCUT2D eigenvalue weighted by Gasteiger charge is -2.37. The van der Waals surface area contributed by atoms with Gasteiger partial charge in [-0.15, -0.1) is 0 Å². The van der Waals surface area contributed by atoms with Crippen molar-refractivity contribution in [1.29, 1.82) is 0 Å². The second-order valence-electron chi connectivity index (χ2n) is 4.39. The van der Waals surface area contributed by atoms with E-state index in [4.69, 9.17) is 15.7 Å². The van der Waals surface area contributed by atoms with Crippen molar-refractivity contribution >= 4 is 11.7 Å². The third-order valence-corrected chi connectivity index (χ3v) is 2.91. The Morgan fingerprint density at radius 2 is 2.28 bits per heavy atom. The summed E-state index contributed by atoms with van der Waals surface area (Å²) in [4.78, 5) is 10.6. The first kappa shape index (κ1) is 12.6. The van der Waals surface area contributed by atoms with Crippen LogP contribution in [-0.4, -0.2) is 46.3 Å². The summed E-state index contributed by atoms with van der Waals surface area (Å²) in [5.74, 6) is 0.726. The maximum Gasteiger partial charge on any atom is 0.190 e. The third kappa shape index (κ3) is 2.51. The fourth-order valence-electron chi connectivity index (χ4n) is 1.88. The van der Waals surface area contributed by atoms with E-state index in [0.29, 0.717) is 12.3 Å². The van der Waals surface area contributed by atoms with Gasteiger partial charge >= 0.3 is 0 Å². The predicted molar refractivity (Wildman–Crippen MR) is 66.8 cm³/mol. The molecule has 0 saturated carbocycles. The highest BCUT2D eigenvalue weighted by atomic mass is 16.5. The minimum Gasteiger partial charge on any atom is -0.409 e. The van der Waals surface area contributed by atoms with Crippen molar-refractivity contribution in [2.24, 2.45) is 10.9 Å². The molecule has 1 aliphatic rings. The zero-order valence-electron chi connectivity index (χ0n) is 10.4. The summed E-state index contributed by atoms with van der Waals surface area (Å²) in [5.41, 5.74) is 5.79. The van der Waals surface area contributed by atoms with Crippen LogP contribution >= 0.6 is 0 Å². The molecule has 2 rings (SSSR count). The van der Waals surface area contributed by atoms with Crippen molar-refractivity contribution in [2.45, 2.75) is 26.0 Å². The molecule has 0 aliphatic carbocycles. The van der Waals surface area contributed by atoms with Gasteiger partial charge in [-0.2, -0.15) is 0 Å². The summed E-state index contributed by atoms with van der Waals surface area (Å²) in [6.07, 6.45) is 3.30. The molecule has 1 aromatic heterocycles. The summed E-state index contributed by atoms with van der Waals surface area (Å²) in [7, 11) is 0. The molecule has 0 amide bonds. The molecule has 0 bridgehead atoms. The van der Waals surface area contributed by atoms with E-state index < -0.39 is 0 Å². The van der Waals surface area contributed by atoms with E-state index in [2.05, 4.69) is 26.9 Å². The van der Waals surface area contributed by atoms with Gasteiger partial charge in [0, 0.05) is 6.54 Å². The van der Waals surface area contributed by atoms with Crippen LogP contribution in [0.25, 0.3) is 0 Å². The van der Waals surface area contributed by atoms with Crippen LogP contribution in [0.1, 0.15) is 19.5 Å². The van der Waals surface area contributed by atoms with E-state index in [9.17, 15) is 0 Å². The molecular weight excluding hydrogens is 234 g/mol. The molecule has 18 heavy (non-hydrogen) atoms. The summed E-state index contributed by atoms with van der Waals surface area (Å²) < 4.78 is 5.56. The standard InChI is InChI=1S/C11H17N5O2/c1-7-6-18-8(2)5-16(7)10-4-13-9(3-14-10)11(12)15-17/h3-4,7-8,17H,5-6H2,1-2H3,(H2,12,15). The number of morpholine rings is 1. The second kappa shape index (κ2) is 5.18. The molecule has 1 fully saturated rings. The van der Waals surface area contributed by atoms with Crippen molar-refractivity contribution in [2.75, 3.05) is 18.1 Å². The first-order chi connectivity index (χ1) is 8.61. The Hall–Kier alpha value is -1.89. The van der Waals surface area contributed by atoms with Crippen LogP contribution in [0.4, 0.5) is 5.82 Å². The Balaban J connectivity index is 2.18. The zero-order chi connectivity index (χ0) is 13.1. The zero-order valence-corrected chi connectivity index (χ0v) is 10.4. The predicted octanol–water partition coefficient (Wildman–Crippen LogP) is 0.185. The topological polar surface area (TPSA) is 96.9 Å². The molecule has 2 atom stereocenters. The highest BCUT2D eigenvalue weighted by Crippen LogP contribution is 2.18. The fourth-order valence-corrected chi connectivity index (χ4v) is 1.88. The highest BCUT2D eigenvalue weighted by molar-refractivity contribution is 5.94. The van der Waals surface area contributed by atoms with E-state index in [1.807, 2.05) is 6.92 Å². The molecule has 98 valence electrons. The lowest BCUT2D eigenvalue weighted by molar-refractivity contribution is 0.0340. The average Bonchev–Trinajstić information content (AvgIpc) is 2.41. The van der Waals surface area contributed by atoms with E-state index in [1.54, 1.807) is 6.20 Å². The normalized spacial score (nSPS) is 25.2. The van der Waals surface area contributed by atoms with Crippen LogP contribution in [0.2, 0.25) is 0 Å². The largest absolute Gasteiger partial charge is 0.409 e. The van der Waals surface area contributed by atoms with Crippen molar-refractivity contribution < 1.29 is 9.94 Å². The smallest absolute Gasteiger partial charge is 0.190 e. The van der Waals surface area contributed by atoms with Crippen LogP contribution < -0.4 is 10.6 Å². The molecule has 2 unspecified atom stereocenters. The van der Waals surface area contributed by atoms with Gasteiger partial charge in [-0.05, 0) is 13.8 Å². The summed E-state index contributed by atoms with van der Waals surface area (Å²) in [6.45, 7) is 5.55. The minimum atomic E-state index is -0.0440. The van der Waals surface area contributed by atoms with E-state index in [1.165, 1.54) is 6.20 Å². The first-order valence-corrected chi connectivity index (χ1v) is 5.80. The Kier molecular flexibility index (Phi) is 3.61. The number of anilines is 1. The fraction of sp³-hybridized carbons (Fsp3) is 0.545. The van der Waals surface area contributed by atoms with Gasteiger partial charge in [0.05, 0.1) is 31.1 Å². The number of hydrogen-bond acceptors (Lipinski definition) is 6. The summed E-state index contributed by atoms with van der Waals surface area (Å²) >= 11 is 0. The van der Waals surface area contributed by atoms with Crippen LogP contribution in [0.5, 0.6) is 0 Å². The number of oxime groups is 1. The molecule has 7 nitrogen and oxygen atoms in total. The number of amidine groups is 1. The molecule has 1 aromatic rings. The third-order valence-electron chi connectivity index (χ3n) is 2.91. The van der Waals surface area contributed by atoms with Crippen LogP contribution in [0.15, 0.2) is 17.5 Å². The summed E-state index contributed by atoms with van der Waals surface area (Å²) in [6, 6.07) is 0.255. The first-order valence-electron chi connectivity index (χ1n) is 5.80. The number of hydrogen-bond donors (Lipinski definition) is 2. The quantitative estimate of drug-likeness (QED) is 0.337. The van der Waals surface area contributed by atoms with Gasteiger partial charge in [0.25, 0.3) is 0 Å². The van der Waals surface area contributed by atoms with E-state index >= 15 is 0 Å². The molecular formula is C11H17N5O2. The molecule has 0 aromatic carbocycles. The van der Waals surface area contributed by atoms with Gasteiger partial charge < -0.3 is 20.6 Å². The van der Waals surface area contributed by atoms with Crippen molar-refractivity contribution in [1.82, 2.24) is 9.97 Å².